The van der Waals surface area contributed by atoms with Crippen molar-refractivity contribution in [2.75, 3.05) is 6.79 Å². The van der Waals surface area contributed by atoms with Crippen molar-refractivity contribution >= 4 is 11.8 Å². The second-order valence-electron chi connectivity index (χ2n) is 4.32. The summed E-state index contributed by atoms with van der Waals surface area (Å²) in [6, 6.07) is 8.05. The molecule has 1 aliphatic heterocycles. The van der Waals surface area contributed by atoms with Crippen LogP contribution in [0.15, 0.2) is 41.6 Å². The van der Waals surface area contributed by atoms with Gasteiger partial charge in [0.15, 0.2) is 13.0 Å². The van der Waals surface area contributed by atoms with Crippen molar-refractivity contribution in [2.45, 2.75) is 17.4 Å². The molecule has 1 aromatic heterocycles. The molecule has 0 fully saturated rings. The van der Waals surface area contributed by atoms with E-state index in [0.29, 0.717) is 28.7 Å². The van der Waals surface area contributed by atoms with Crippen LogP contribution in [0.1, 0.15) is 11.1 Å². The fourth-order valence-electron chi connectivity index (χ4n) is 2.04. The van der Waals surface area contributed by atoms with E-state index in [1.807, 2.05) is 0 Å². The third-order valence-corrected chi connectivity index (χ3v) is 3.98. The first-order valence-electron chi connectivity index (χ1n) is 6.07. The zero-order valence-electron chi connectivity index (χ0n) is 10.5. The van der Waals surface area contributed by atoms with E-state index in [1.54, 1.807) is 18.2 Å². The van der Waals surface area contributed by atoms with E-state index < -0.39 is 0 Å². The van der Waals surface area contributed by atoms with Crippen molar-refractivity contribution in [3.8, 4) is 5.75 Å². The quantitative estimate of drug-likeness (QED) is 0.496. The Morgan fingerprint density at radius 2 is 2.25 bits per heavy atom. The highest BCUT2D eigenvalue weighted by molar-refractivity contribution is 7.98. The Hall–Kier alpha value is -1.79. The van der Waals surface area contributed by atoms with Crippen molar-refractivity contribution < 1.29 is 18.6 Å². The van der Waals surface area contributed by atoms with Gasteiger partial charge in [0.25, 0.3) is 5.03 Å². The Balaban J connectivity index is 1.84. The number of nitrogens with zero attached hydrogens (tertiary/aromatic N) is 1. The van der Waals surface area contributed by atoms with Gasteiger partial charge in [-0.15, -0.1) is 0 Å². The number of halogens is 1. The second-order valence-corrected chi connectivity index (χ2v) is 5.31. The SMILES string of the molecule is [O-][n+]1ccccc1SCc1cc(F)cc2c1OCOC2. The fourth-order valence-corrected chi connectivity index (χ4v) is 2.92. The maximum Gasteiger partial charge on any atom is 0.251 e. The number of ether oxygens (including phenoxy) is 2. The molecule has 0 bridgehead atoms. The normalized spacial score (nSPS) is 13.7. The molecule has 0 aliphatic carbocycles. The van der Waals surface area contributed by atoms with Gasteiger partial charge in [-0.05, 0) is 18.2 Å². The molecule has 0 saturated heterocycles. The minimum Gasteiger partial charge on any atom is -0.618 e. The molecule has 4 nitrogen and oxygen atoms in total. The van der Waals surface area contributed by atoms with Crippen LogP contribution in [0.25, 0.3) is 0 Å². The highest BCUT2D eigenvalue weighted by atomic mass is 32.2. The zero-order valence-corrected chi connectivity index (χ0v) is 11.4. The first kappa shape index (κ1) is 13.2. The second kappa shape index (κ2) is 5.68. The van der Waals surface area contributed by atoms with Crippen molar-refractivity contribution in [1.29, 1.82) is 0 Å². The molecule has 0 amide bonds. The summed E-state index contributed by atoms with van der Waals surface area (Å²) < 4.78 is 24.9. The molecule has 0 spiro atoms. The van der Waals surface area contributed by atoms with E-state index in [2.05, 4.69) is 0 Å². The van der Waals surface area contributed by atoms with Crippen molar-refractivity contribution in [3.63, 3.8) is 0 Å². The van der Waals surface area contributed by atoms with E-state index in [0.717, 1.165) is 10.3 Å². The summed E-state index contributed by atoms with van der Waals surface area (Å²) in [5.74, 6) is 0.807. The van der Waals surface area contributed by atoms with Gasteiger partial charge in [-0.1, -0.05) is 11.8 Å². The van der Waals surface area contributed by atoms with E-state index in [9.17, 15) is 9.60 Å². The van der Waals surface area contributed by atoms with E-state index in [1.165, 1.54) is 30.1 Å². The molecule has 2 heterocycles. The molecule has 104 valence electrons. The molecule has 0 saturated carbocycles. The molecular weight excluding hydrogens is 281 g/mol. The lowest BCUT2D eigenvalue weighted by Crippen LogP contribution is -2.27. The average Bonchev–Trinajstić information content (AvgIpc) is 2.46. The molecule has 2 aromatic rings. The topological polar surface area (TPSA) is 45.4 Å². The predicted molar refractivity (Wildman–Crippen MR) is 71.6 cm³/mol. The number of thioether (sulfide) groups is 1. The molecule has 0 atom stereocenters. The van der Waals surface area contributed by atoms with Crippen LogP contribution in [0.5, 0.6) is 5.75 Å². The Kier molecular flexibility index (Phi) is 3.75. The first-order valence-corrected chi connectivity index (χ1v) is 7.05. The lowest BCUT2D eigenvalue weighted by Gasteiger charge is -2.20. The van der Waals surface area contributed by atoms with Crippen LogP contribution in [0.2, 0.25) is 0 Å². The van der Waals surface area contributed by atoms with Gasteiger partial charge in [0, 0.05) is 29.0 Å². The molecule has 6 heteroatoms. The van der Waals surface area contributed by atoms with Gasteiger partial charge < -0.3 is 14.7 Å². The summed E-state index contributed by atoms with van der Waals surface area (Å²) in [5.41, 5.74) is 1.44. The number of aromatic nitrogens is 1. The summed E-state index contributed by atoms with van der Waals surface area (Å²) in [6.45, 7) is 0.515. The summed E-state index contributed by atoms with van der Waals surface area (Å²) in [5, 5.41) is 12.1. The summed E-state index contributed by atoms with van der Waals surface area (Å²) in [4.78, 5) is 0. The molecule has 1 aliphatic rings. The number of fused-ring (bicyclic) bond motifs is 1. The van der Waals surface area contributed by atoms with E-state index in [4.69, 9.17) is 9.47 Å². The fraction of sp³-hybridized carbons (Fsp3) is 0.214. The van der Waals surface area contributed by atoms with Crippen LogP contribution in [0.3, 0.4) is 0 Å². The van der Waals surface area contributed by atoms with Crippen molar-refractivity contribution in [1.82, 2.24) is 0 Å². The number of hydrogen-bond donors (Lipinski definition) is 0. The van der Waals surface area contributed by atoms with Crippen LogP contribution in [-0.2, 0) is 17.1 Å². The highest BCUT2D eigenvalue weighted by Gasteiger charge is 2.18. The smallest absolute Gasteiger partial charge is 0.251 e. The number of hydrogen-bond acceptors (Lipinski definition) is 4. The van der Waals surface area contributed by atoms with Crippen LogP contribution in [-0.4, -0.2) is 6.79 Å². The largest absolute Gasteiger partial charge is 0.618 e. The Morgan fingerprint density at radius 3 is 3.10 bits per heavy atom. The third-order valence-electron chi connectivity index (χ3n) is 2.92. The number of benzene rings is 1. The zero-order chi connectivity index (χ0) is 13.9. The van der Waals surface area contributed by atoms with Crippen LogP contribution >= 0.6 is 11.8 Å². The summed E-state index contributed by atoms with van der Waals surface area (Å²) >= 11 is 1.34. The van der Waals surface area contributed by atoms with Gasteiger partial charge >= 0.3 is 0 Å². The maximum atomic E-state index is 13.6. The molecule has 1 aromatic carbocycles. The molecule has 20 heavy (non-hydrogen) atoms. The van der Waals surface area contributed by atoms with Crippen LogP contribution in [0, 0.1) is 11.0 Å². The van der Waals surface area contributed by atoms with E-state index in [-0.39, 0.29) is 12.6 Å². The standard InChI is InChI=1S/C14H12FNO3S/c15-12-5-10-7-18-9-19-14(10)11(6-12)8-20-13-3-1-2-4-16(13)17/h1-6H,7-9H2. The molecule has 0 radical (unpaired) electrons. The average molecular weight is 293 g/mol. The minimum absolute atomic E-state index is 0.170. The van der Waals surface area contributed by atoms with Gasteiger partial charge in [0.1, 0.15) is 11.6 Å². The summed E-state index contributed by atoms with van der Waals surface area (Å²) in [6.07, 6.45) is 1.44. The predicted octanol–water partition coefficient (Wildman–Crippen LogP) is 2.62. The highest BCUT2D eigenvalue weighted by Crippen LogP contribution is 2.33. The van der Waals surface area contributed by atoms with Gasteiger partial charge in [-0.2, -0.15) is 4.73 Å². The first-order chi connectivity index (χ1) is 9.74. The molecule has 0 unspecified atom stereocenters. The van der Waals surface area contributed by atoms with Crippen LogP contribution < -0.4 is 9.47 Å². The lowest BCUT2D eigenvalue weighted by molar-refractivity contribution is -0.645. The Morgan fingerprint density at radius 1 is 1.35 bits per heavy atom. The minimum atomic E-state index is -0.323. The third kappa shape index (κ3) is 2.71. The van der Waals surface area contributed by atoms with Gasteiger partial charge in [0.05, 0.1) is 6.61 Å². The van der Waals surface area contributed by atoms with Gasteiger partial charge in [-0.25, -0.2) is 4.39 Å². The Bertz CT molecular complexity index is 636. The van der Waals surface area contributed by atoms with Gasteiger partial charge in [0.2, 0.25) is 0 Å². The van der Waals surface area contributed by atoms with Crippen molar-refractivity contribution in [2.24, 2.45) is 0 Å². The number of rotatable bonds is 3. The summed E-state index contributed by atoms with van der Waals surface area (Å²) in [7, 11) is 0. The Labute approximate surface area is 119 Å². The monoisotopic (exact) mass is 293 g/mol. The number of pyridine rings is 1. The van der Waals surface area contributed by atoms with Gasteiger partial charge in [-0.3, -0.25) is 0 Å². The maximum absolute atomic E-state index is 13.6. The molecular formula is C14H12FNO3S. The molecule has 3 rings (SSSR count). The van der Waals surface area contributed by atoms with Crippen molar-refractivity contribution in [3.05, 3.63) is 58.7 Å². The molecule has 0 N–H and O–H groups in total. The lowest BCUT2D eigenvalue weighted by atomic mass is 10.1. The van der Waals surface area contributed by atoms with E-state index >= 15 is 0 Å². The van der Waals surface area contributed by atoms with Crippen LogP contribution in [0.4, 0.5) is 4.39 Å².